The minimum absolute atomic E-state index is 0.0315. The molecule has 1 N–H and O–H groups in total. The van der Waals surface area contributed by atoms with E-state index in [9.17, 15) is 13.6 Å². The second-order valence-corrected chi connectivity index (χ2v) is 6.27. The summed E-state index contributed by atoms with van der Waals surface area (Å²) >= 11 is 7.14. The van der Waals surface area contributed by atoms with Crippen LogP contribution in [0.5, 0.6) is 11.5 Å². The van der Waals surface area contributed by atoms with Gasteiger partial charge in [-0.1, -0.05) is 29.0 Å². The maximum absolute atomic E-state index is 12.7. The number of amides is 1. The van der Waals surface area contributed by atoms with Crippen LogP contribution in [0.2, 0.25) is 5.02 Å². The topological polar surface area (TPSA) is 60.5 Å². The maximum Gasteiger partial charge on any atom is 0.387 e. The third kappa shape index (κ3) is 3.80. The van der Waals surface area contributed by atoms with Crippen LogP contribution in [0.15, 0.2) is 36.4 Å². The Bertz CT molecular complexity index is 933. The average Bonchev–Trinajstić information content (AvgIpc) is 2.95. The number of para-hydroxylation sites is 1. The van der Waals surface area contributed by atoms with Gasteiger partial charge >= 0.3 is 6.61 Å². The highest BCUT2D eigenvalue weighted by Gasteiger charge is 2.21. The molecule has 0 radical (unpaired) electrons. The normalized spacial score (nSPS) is 10.9. The van der Waals surface area contributed by atoms with Crippen molar-refractivity contribution in [1.29, 1.82) is 0 Å². The Balaban J connectivity index is 1.91. The summed E-state index contributed by atoms with van der Waals surface area (Å²) in [4.78, 5) is 16.7. The number of rotatable bonds is 5. The van der Waals surface area contributed by atoms with Crippen molar-refractivity contribution in [3.8, 4) is 11.5 Å². The summed E-state index contributed by atoms with van der Waals surface area (Å²) in [5.41, 5.74) is 0.580. The molecule has 3 rings (SSSR count). The molecule has 1 heterocycles. The first kappa shape index (κ1) is 17.4. The van der Waals surface area contributed by atoms with Crippen LogP contribution in [-0.4, -0.2) is 24.6 Å². The molecule has 1 aromatic heterocycles. The Morgan fingerprint density at radius 3 is 2.84 bits per heavy atom. The molecule has 0 aliphatic heterocycles. The number of carbonyl (C=O) groups excluding carboxylic acids is 1. The molecule has 0 atom stereocenters. The standard InChI is InChI=1S/C16H11ClF2N2O3S/c1-23-11-4-2-3-9(13(11)24-15(18)19)14(22)21-16-20-10-6-5-8(17)7-12(10)25-16/h2-7,15H,1H3,(H,20,21,22). The molecule has 9 heteroatoms. The fourth-order valence-corrected chi connectivity index (χ4v) is 3.32. The van der Waals surface area contributed by atoms with Gasteiger partial charge in [0.15, 0.2) is 16.6 Å². The van der Waals surface area contributed by atoms with Crippen molar-refractivity contribution >= 4 is 44.2 Å². The monoisotopic (exact) mass is 384 g/mol. The van der Waals surface area contributed by atoms with Gasteiger partial charge in [0.25, 0.3) is 5.91 Å². The van der Waals surface area contributed by atoms with Crippen LogP contribution >= 0.6 is 22.9 Å². The lowest BCUT2D eigenvalue weighted by Gasteiger charge is -2.13. The Morgan fingerprint density at radius 2 is 2.12 bits per heavy atom. The second-order valence-electron chi connectivity index (χ2n) is 4.80. The fourth-order valence-electron chi connectivity index (χ4n) is 2.18. The van der Waals surface area contributed by atoms with Crippen LogP contribution in [0.3, 0.4) is 0 Å². The summed E-state index contributed by atoms with van der Waals surface area (Å²) in [5, 5.41) is 3.44. The van der Waals surface area contributed by atoms with E-state index in [1.165, 1.54) is 36.6 Å². The molecule has 0 fully saturated rings. The first-order chi connectivity index (χ1) is 12.0. The summed E-state index contributed by atoms with van der Waals surface area (Å²) in [6, 6.07) is 9.42. The zero-order chi connectivity index (χ0) is 18.0. The number of halogens is 3. The highest BCUT2D eigenvalue weighted by atomic mass is 35.5. The highest BCUT2D eigenvalue weighted by molar-refractivity contribution is 7.22. The molecule has 25 heavy (non-hydrogen) atoms. The number of nitrogens with zero attached hydrogens (tertiary/aromatic N) is 1. The molecule has 0 saturated carbocycles. The quantitative estimate of drug-likeness (QED) is 0.685. The predicted molar refractivity (Wildman–Crippen MR) is 92.2 cm³/mol. The number of benzene rings is 2. The smallest absolute Gasteiger partial charge is 0.387 e. The molecule has 2 aromatic carbocycles. The van der Waals surface area contributed by atoms with Gasteiger partial charge in [0.05, 0.1) is 22.9 Å². The first-order valence-electron chi connectivity index (χ1n) is 6.97. The first-order valence-corrected chi connectivity index (χ1v) is 8.16. The minimum atomic E-state index is -3.09. The molecule has 0 saturated heterocycles. The lowest BCUT2D eigenvalue weighted by Crippen LogP contribution is -2.15. The van der Waals surface area contributed by atoms with Crippen LogP contribution in [0.4, 0.5) is 13.9 Å². The van der Waals surface area contributed by atoms with Gasteiger partial charge in [-0.2, -0.15) is 8.78 Å². The van der Waals surface area contributed by atoms with E-state index in [0.717, 1.165) is 4.70 Å². The molecule has 0 spiro atoms. The Hall–Kier alpha value is -2.45. The molecule has 5 nitrogen and oxygen atoms in total. The van der Waals surface area contributed by atoms with Gasteiger partial charge < -0.3 is 9.47 Å². The number of carbonyl (C=O) groups is 1. The van der Waals surface area contributed by atoms with Crippen LogP contribution in [0.25, 0.3) is 10.2 Å². The predicted octanol–water partition coefficient (Wildman–Crippen LogP) is 4.81. The van der Waals surface area contributed by atoms with E-state index in [1.54, 1.807) is 18.2 Å². The summed E-state index contributed by atoms with van der Waals surface area (Å²) in [7, 11) is 1.30. The van der Waals surface area contributed by atoms with E-state index in [4.69, 9.17) is 16.3 Å². The number of ether oxygens (including phenoxy) is 2. The number of anilines is 1. The molecular weight excluding hydrogens is 374 g/mol. The fraction of sp³-hybridized carbons (Fsp3) is 0.125. The lowest BCUT2D eigenvalue weighted by atomic mass is 10.1. The molecule has 0 bridgehead atoms. The summed E-state index contributed by atoms with van der Waals surface area (Å²) < 4.78 is 35.5. The Labute approximate surface area is 150 Å². The molecule has 130 valence electrons. The summed E-state index contributed by atoms with van der Waals surface area (Å²) in [6.45, 7) is -3.09. The van der Waals surface area contributed by atoms with Crippen molar-refractivity contribution in [2.75, 3.05) is 12.4 Å². The number of methoxy groups -OCH3 is 1. The zero-order valence-corrected chi connectivity index (χ0v) is 14.3. The molecule has 0 aliphatic carbocycles. The van der Waals surface area contributed by atoms with E-state index < -0.39 is 12.5 Å². The second kappa shape index (κ2) is 7.20. The van der Waals surface area contributed by atoms with Gasteiger partial charge in [-0.25, -0.2) is 4.98 Å². The van der Waals surface area contributed by atoms with Crippen molar-refractivity contribution in [2.24, 2.45) is 0 Å². The van der Waals surface area contributed by atoms with Crippen molar-refractivity contribution in [1.82, 2.24) is 4.98 Å². The average molecular weight is 385 g/mol. The van der Waals surface area contributed by atoms with Gasteiger partial charge in [0.2, 0.25) is 0 Å². The number of hydrogen-bond donors (Lipinski definition) is 1. The maximum atomic E-state index is 12.7. The Kier molecular flexibility index (Phi) is 5.00. The van der Waals surface area contributed by atoms with Gasteiger partial charge in [-0.15, -0.1) is 0 Å². The van der Waals surface area contributed by atoms with Gasteiger partial charge in [0, 0.05) is 5.02 Å². The summed E-state index contributed by atoms with van der Waals surface area (Å²) in [6.07, 6.45) is 0. The van der Waals surface area contributed by atoms with Crippen LogP contribution < -0.4 is 14.8 Å². The molecule has 0 aliphatic rings. The van der Waals surface area contributed by atoms with Crippen LogP contribution in [0, 0.1) is 0 Å². The van der Waals surface area contributed by atoms with E-state index in [0.29, 0.717) is 15.7 Å². The largest absolute Gasteiger partial charge is 0.493 e. The highest BCUT2D eigenvalue weighted by Crippen LogP contribution is 2.34. The van der Waals surface area contributed by atoms with Gasteiger partial charge in [-0.3, -0.25) is 10.1 Å². The SMILES string of the molecule is COc1cccc(C(=O)Nc2nc3ccc(Cl)cc3s2)c1OC(F)F. The van der Waals surface area contributed by atoms with E-state index >= 15 is 0 Å². The Morgan fingerprint density at radius 1 is 1.32 bits per heavy atom. The van der Waals surface area contributed by atoms with Gasteiger partial charge in [0.1, 0.15) is 0 Å². The minimum Gasteiger partial charge on any atom is -0.493 e. The van der Waals surface area contributed by atoms with E-state index in [-0.39, 0.29) is 17.1 Å². The van der Waals surface area contributed by atoms with E-state index in [2.05, 4.69) is 15.0 Å². The van der Waals surface area contributed by atoms with Crippen molar-refractivity contribution in [3.63, 3.8) is 0 Å². The third-order valence-electron chi connectivity index (χ3n) is 3.22. The van der Waals surface area contributed by atoms with Crippen molar-refractivity contribution < 1.29 is 23.0 Å². The zero-order valence-electron chi connectivity index (χ0n) is 12.8. The number of thiazole rings is 1. The van der Waals surface area contributed by atoms with E-state index in [1.807, 2.05) is 0 Å². The lowest BCUT2D eigenvalue weighted by molar-refractivity contribution is -0.0515. The number of hydrogen-bond acceptors (Lipinski definition) is 5. The third-order valence-corrected chi connectivity index (χ3v) is 4.39. The van der Waals surface area contributed by atoms with Crippen LogP contribution in [-0.2, 0) is 0 Å². The molecule has 1 amide bonds. The number of alkyl halides is 2. The molecule has 0 unspecified atom stereocenters. The van der Waals surface area contributed by atoms with Gasteiger partial charge in [-0.05, 0) is 30.3 Å². The number of aromatic nitrogens is 1. The number of nitrogens with one attached hydrogen (secondary N) is 1. The number of fused-ring (bicyclic) bond motifs is 1. The van der Waals surface area contributed by atoms with Crippen LogP contribution in [0.1, 0.15) is 10.4 Å². The van der Waals surface area contributed by atoms with Crippen molar-refractivity contribution in [2.45, 2.75) is 6.61 Å². The summed E-state index contributed by atoms with van der Waals surface area (Å²) in [5.74, 6) is -0.939. The van der Waals surface area contributed by atoms with Crippen molar-refractivity contribution in [3.05, 3.63) is 47.0 Å². The molecule has 3 aromatic rings. The molecular formula is C16H11ClF2N2O3S.